The lowest BCUT2D eigenvalue weighted by Gasteiger charge is -2.23. The number of carbonyl (C=O) groups is 2. The predicted molar refractivity (Wildman–Crippen MR) is 139 cm³/mol. The van der Waals surface area contributed by atoms with E-state index in [1.165, 1.54) is 57.8 Å². The molecular weight excluding hydrogens is 424 g/mol. The molecule has 1 aliphatic carbocycles. The molecule has 0 spiro atoms. The summed E-state index contributed by atoms with van der Waals surface area (Å²) in [6, 6.07) is 5.59. The van der Waals surface area contributed by atoms with Crippen molar-refractivity contribution in [2.75, 3.05) is 6.61 Å². The number of esters is 2. The molecule has 0 saturated heterocycles. The first kappa shape index (κ1) is 28.4. The summed E-state index contributed by atoms with van der Waals surface area (Å²) in [4.78, 5) is 26.2. The summed E-state index contributed by atoms with van der Waals surface area (Å²) < 4.78 is 11.5. The van der Waals surface area contributed by atoms with Gasteiger partial charge in [-0.15, -0.1) is 0 Å². The van der Waals surface area contributed by atoms with Gasteiger partial charge in [0.15, 0.2) is 0 Å². The second kappa shape index (κ2) is 17.6. The van der Waals surface area contributed by atoms with E-state index in [-0.39, 0.29) is 12.1 Å². The third kappa shape index (κ3) is 10.6. The highest BCUT2D eigenvalue weighted by Gasteiger charge is 2.26. The van der Waals surface area contributed by atoms with Crippen LogP contribution < -0.4 is 0 Å². The van der Waals surface area contributed by atoms with E-state index < -0.39 is 5.97 Å². The van der Waals surface area contributed by atoms with E-state index in [2.05, 4.69) is 13.8 Å². The van der Waals surface area contributed by atoms with Crippen molar-refractivity contribution >= 4 is 11.9 Å². The number of carbonyl (C=O) groups excluding carboxylic acids is 2. The number of hydrogen-bond acceptors (Lipinski definition) is 4. The van der Waals surface area contributed by atoms with E-state index in [9.17, 15) is 9.59 Å². The molecule has 0 aromatic heterocycles. The SMILES string of the molecule is CCCCCCCCOC(=O)c1cccc(CCCCCCCC)c1C(=O)OC1CCCCC1. The van der Waals surface area contributed by atoms with Crippen molar-refractivity contribution in [1.29, 1.82) is 0 Å². The fourth-order valence-electron chi connectivity index (χ4n) is 4.83. The molecule has 1 aromatic carbocycles. The first-order valence-electron chi connectivity index (χ1n) is 14.2. The van der Waals surface area contributed by atoms with Gasteiger partial charge in [0.25, 0.3) is 0 Å². The van der Waals surface area contributed by atoms with Gasteiger partial charge in [-0.1, -0.05) is 96.6 Å². The van der Waals surface area contributed by atoms with Crippen molar-refractivity contribution in [2.45, 2.75) is 136 Å². The van der Waals surface area contributed by atoms with Crippen LogP contribution >= 0.6 is 0 Å². The van der Waals surface area contributed by atoms with E-state index in [0.717, 1.165) is 63.4 Å². The Morgan fingerprint density at radius 3 is 2.06 bits per heavy atom. The topological polar surface area (TPSA) is 52.6 Å². The van der Waals surface area contributed by atoms with Crippen LogP contribution in [0.1, 0.15) is 149 Å². The fraction of sp³-hybridized carbons (Fsp3) is 0.733. The highest BCUT2D eigenvalue weighted by atomic mass is 16.5. The number of ether oxygens (including phenoxy) is 2. The van der Waals surface area contributed by atoms with E-state index in [0.29, 0.717) is 17.7 Å². The molecule has 0 N–H and O–H groups in total. The Labute approximate surface area is 208 Å². The molecule has 0 radical (unpaired) electrons. The summed E-state index contributed by atoms with van der Waals surface area (Å²) in [5, 5.41) is 0. The van der Waals surface area contributed by atoms with Gasteiger partial charge in [0.05, 0.1) is 17.7 Å². The van der Waals surface area contributed by atoms with Gasteiger partial charge in [0.1, 0.15) is 6.10 Å². The first-order chi connectivity index (χ1) is 16.7. The van der Waals surface area contributed by atoms with Crippen LogP contribution in [0.25, 0.3) is 0 Å². The van der Waals surface area contributed by atoms with E-state index in [1.54, 1.807) is 6.07 Å². The second-order valence-electron chi connectivity index (χ2n) is 9.93. The molecule has 4 nitrogen and oxygen atoms in total. The summed E-state index contributed by atoms with van der Waals surface area (Å²) in [7, 11) is 0. The van der Waals surface area contributed by atoms with Gasteiger partial charge in [0, 0.05) is 0 Å². The van der Waals surface area contributed by atoms with Gasteiger partial charge >= 0.3 is 11.9 Å². The molecular formula is C30H48O4. The number of aryl methyl sites for hydroxylation is 1. The van der Waals surface area contributed by atoms with Crippen LogP contribution in [0.5, 0.6) is 0 Å². The summed E-state index contributed by atoms with van der Waals surface area (Å²) in [6.07, 6.45) is 20.0. The van der Waals surface area contributed by atoms with E-state index in [4.69, 9.17) is 9.47 Å². The molecule has 0 atom stereocenters. The summed E-state index contributed by atoms with van der Waals surface area (Å²) >= 11 is 0. The minimum atomic E-state index is -0.394. The fourth-order valence-corrected chi connectivity index (χ4v) is 4.83. The third-order valence-corrected chi connectivity index (χ3v) is 6.93. The summed E-state index contributed by atoms with van der Waals surface area (Å²) in [5.41, 5.74) is 1.73. The summed E-state index contributed by atoms with van der Waals surface area (Å²) in [6.45, 7) is 4.84. The lowest BCUT2D eigenvalue weighted by molar-refractivity contribution is 0.0202. The quantitative estimate of drug-likeness (QED) is 0.168. The second-order valence-corrected chi connectivity index (χ2v) is 9.93. The van der Waals surface area contributed by atoms with Crippen molar-refractivity contribution in [1.82, 2.24) is 0 Å². The van der Waals surface area contributed by atoms with Gasteiger partial charge in [-0.2, -0.15) is 0 Å². The average Bonchev–Trinajstić information content (AvgIpc) is 2.85. The van der Waals surface area contributed by atoms with Gasteiger partial charge in [-0.05, 0) is 56.6 Å². The average molecular weight is 473 g/mol. The normalized spacial score (nSPS) is 14.2. The monoisotopic (exact) mass is 472 g/mol. The van der Waals surface area contributed by atoms with Gasteiger partial charge in [0.2, 0.25) is 0 Å². The van der Waals surface area contributed by atoms with Gasteiger partial charge < -0.3 is 9.47 Å². The number of benzene rings is 1. The van der Waals surface area contributed by atoms with E-state index in [1.807, 2.05) is 12.1 Å². The first-order valence-corrected chi connectivity index (χ1v) is 14.2. The zero-order chi connectivity index (χ0) is 24.4. The molecule has 1 aromatic rings. The molecule has 0 aliphatic heterocycles. The lowest BCUT2D eigenvalue weighted by Crippen LogP contribution is -2.24. The molecule has 192 valence electrons. The maximum absolute atomic E-state index is 13.3. The molecule has 1 saturated carbocycles. The minimum absolute atomic E-state index is 0.0321. The molecule has 2 rings (SSSR count). The molecule has 0 unspecified atom stereocenters. The van der Waals surface area contributed by atoms with E-state index >= 15 is 0 Å². The predicted octanol–water partition coefficient (Wildman–Crippen LogP) is 8.60. The standard InChI is InChI=1S/C30H48O4/c1-3-5-7-9-11-14-19-25-20-18-23-27(29(31)33-24-17-12-10-8-6-4-2)28(25)30(32)34-26-21-15-13-16-22-26/h18,20,23,26H,3-17,19,21-22,24H2,1-2H3. The Balaban J connectivity index is 2.02. The molecule has 0 amide bonds. The molecule has 1 fully saturated rings. The van der Waals surface area contributed by atoms with Crippen molar-refractivity contribution in [2.24, 2.45) is 0 Å². The van der Waals surface area contributed by atoms with Crippen LogP contribution in [0, 0.1) is 0 Å². The molecule has 4 heteroatoms. The minimum Gasteiger partial charge on any atom is -0.462 e. The summed E-state index contributed by atoms with van der Waals surface area (Å²) in [5.74, 6) is -0.742. The van der Waals surface area contributed by atoms with Crippen LogP contribution in [-0.4, -0.2) is 24.6 Å². The van der Waals surface area contributed by atoms with Gasteiger partial charge in [-0.3, -0.25) is 0 Å². The smallest absolute Gasteiger partial charge is 0.339 e. The Morgan fingerprint density at radius 1 is 0.765 bits per heavy atom. The van der Waals surface area contributed by atoms with Crippen LogP contribution in [0.15, 0.2) is 18.2 Å². The molecule has 0 heterocycles. The van der Waals surface area contributed by atoms with Crippen molar-refractivity contribution in [3.8, 4) is 0 Å². The largest absolute Gasteiger partial charge is 0.462 e. The maximum Gasteiger partial charge on any atom is 0.339 e. The maximum atomic E-state index is 13.3. The van der Waals surface area contributed by atoms with Crippen LogP contribution in [0.3, 0.4) is 0 Å². The zero-order valence-electron chi connectivity index (χ0n) is 21.9. The van der Waals surface area contributed by atoms with Crippen LogP contribution in [0.4, 0.5) is 0 Å². The molecule has 34 heavy (non-hydrogen) atoms. The van der Waals surface area contributed by atoms with Crippen LogP contribution in [0.2, 0.25) is 0 Å². The number of rotatable bonds is 17. The highest BCUT2D eigenvalue weighted by Crippen LogP contribution is 2.25. The van der Waals surface area contributed by atoms with Crippen LogP contribution in [-0.2, 0) is 15.9 Å². The Bertz CT molecular complexity index is 706. The Kier molecular flexibility index (Phi) is 14.7. The van der Waals surface area contributed by atoms with Crippen molar-refractivity contribution in [3.05, 3.63) is 34.9 Å². The zero-order valence-corrected chi connectivity index (χ0v) is 21.9. The highest BCUT2D eigenvalue weighted by molar-refractivity contribution is 6.04. The number of unbranched alkanes of at least 4 members (excludes halogenated alkanes) is 10. The lowest BCUT2D eigenvalue weighted by atomic mass is 9.95. The Morgan fingerprint density at radius 2 is 1.38 bits per heavy atom. The molecule has 1 aliphatic rings. The number of hydrogen-bond donors (Lipinski definition) is 0. The molecule has 0 bridgehead atoms. The third-order valence-electron chi connectivity index (χ3n) is 6.93. The Hall–Kier alpha value is -1.84. The van der Waals surface area contributed by atoms with Gasteiger partial charge in [-0.25, -0.2) is 9.59 Å². The van der Waals surface area contributed by atoms with Crippen molar-refractivity contribution < 1.29 is 19.1 Å². The van der Waals surface area contributed by atoms with Crippen molar-refractivity contribution in [3.63, 3.8) is 0 Å².